The van der Waals surface area contributed by atoms with Crippen LogP contribution >= 0.6 is 0 Å². The van der Waals surface area contributed by atoms with Crippen molar-refractivity contribution in [1.82, 2.24) is 40.0 Å². The van der Waals surface area contributed by atoms with Crippen LogP contribution in [0.5, 0.6) is 0 Å². The van der Waals surface area contributed by atoms with Gasteiger partial charge in [0.25, 0.3) is 0 Å². The maximum atomic E-state index is 11.9. The van der Waals surface area contributed by atoms with Gasteiger partial charge in [0.2, 0.25) is 0 Å². The Morgan fingerprint density at radius 1 is 0.672 bits per heavy atom. The van der Waals surface area contributed by atoms with E-state index in [1.165, 1.54) is 51.6 Å². The first-order chi connectivity index (χ1) is 30.7. The van der Waals surface area contributed by atoms with Gasteiger partial charge in [-0.05, 0) is 152 Å². The summed E-state index contributed by atoms with van der Waals surface area (Å²) >= 11 is 0. The molecule has 67 heavy (non-hydrogen) atoms. The summed E-state index contributed by atoms with van der Waals surface area (Å²) in [5.41, 5.74) is 0.485. The SMILES string of the molecule is C.CC(C)O.CC(C)O.CC(C)O.CC(C)O.CCOC(=O)N1CCC2(CC(=O)C2)C1.CCOC(=O)N1CCC2(CC(N3CCC(c4ncc[nH]4)CC3)C2)C1.[Ti].c1c[nH]c(C2CCNCC2)n1. The second-order valence-corrected chi connectivity index (χ2v) is 19.4. The van der Waals surface area contributed by atoms with E-state index in [-0.39, 0.29) is 71.2 Å². The predicted molar refractivity (Wildman–Crippen MR) is 260 cm³/mol. The minimum atomic E-state index is -0.233. The molecule has 4 saturated heterocycles. The third-order valence-corrected chi connectivity index (χ3v) is 11.6. The molecule has 18 heteroatoms. The fourth-order valence-corrected chi connectivity index (χ4v) is 8.85. The molecule has 7 N–H and O–H groups in total. The number of hydrogen-bond acceptors (Lipinski definition) is 13. The number of carbonyl (C=O) groups is 3. The van der Waals surface area contributed by atoms with Crippen LogP contribution < -0.4 is 5.32 Å². The molecule has 2 aromatic rings. The Bertz CT molecular complexity index is 1520. The van der Waals surface area contributed by atoms with Gasteiger partial charge in [0.15, 0.2) is 0 Å². The summed E-state index contributed by atoms with van der Waals surface area (Å²) in [4.78, 5) is 55.6. The van der Waals surface area contributed by atoms with Gasteiger partial charge in [-0.15, -0.1) is 0 Å². The van der Waals surface area contributed by atoms with Crippen molar-refractivity contribution >= 4 is 18.0 Å². The normalized spacial score (nSPS) is 21.7. The van der Waals surface area contributed by atoms with E-state index in [1.54, 1.807) is 67.2 Å². The van der Waals surface area contributed by atoms with Crippen LogP contribution in [0.1, 0.15) is 164 Å². The zero-order chi connectivity index (χ0) is 48.6. The monoisotopic (exact) mass is 985 g/mol. The van der Waals surface area contributed by atoms with E-state index in [1.807, 2.05) is 36.6 Å². The molecular weight excluding hydrogens is 892 g/mol. The third kappa shape index (κ3) is 25.0. The molecule has 2 aliphatic carbocycles. The average molecular weight is 985 g/mol. The number of ketones is 1. The van der Waals surface area contributed by atoms with Crippen molar-refractivity contribution < 1.29 is 66.0 Å². The molecule has 0 unspecified atom stereocenters. The molecule has 6 heterocycles. The van der Waals surface area contributed by atoms with Gasteiger partial charge in [0.1, 0.15) is 17.4 Å². The molecule has 0 aromatic carbocycles. The van der Waals surface area contributed by atoms with Crippen molar-refractivity contribution in [3.05, 3.63) is 36.4 Å². The molecule has 0 atom stereocenters. The summed E-state index contributed by atoms with van der Waals surface area (Å²) in [6.45, 7) is 26.2. The number of nitrogens with zero attached hydrogens (tertiary/aromatic N) is 5. The summed E-state index contributed by atoms with van der Waals surface area (Å²) in [7, 11) is 0. The van der Waals surface area contributed by atoms with Gasteiger partial charge in [-0.1, -0.05) is 7.43 Å². The molecule has 2 spiro atoms. The minimum Gasteiger partial charge on any atom is -0.450 e. The Morgan fingerprint density at radius 2 is 1.04 bits per heavy atom. The number of Topliss-reactive ketones (excluding diaryl/α,β-unsaturated/α-hetero) is 1. The number of nitrogens with one attached hydrogen (secondary N) is 3. The molecule has 2 saturated carbocycles. The van der Waals surface area contributed by atoms with Crippen LogP contribution in [0.15, 0.2) is 24.8 Å². The van der Waals surface area contributed by atoms with E-state index in [9.17, 15) is 14.4 Å². The van der Waals surface area contributed by atoms with E-state index >= 15 is 0 Å². The van der Waals surface area contributed by atoms with Crippen molar-refractivity contribution in [2.45, 2.75) is 183 Å². The fourth-order valence-electron chi connectivity index (χ4n) is 8.85. The van der Waals surface area contributed by atoms with Gasteiger partial charge < -0.3 is 59.9 Å². The Kier molecular flexibility index (Phi) is 32.2. The molecule has 6 fully saturated rings. The summed E-state index contributed by atoms with van der Waals surface area (Å²) in [6.07, 6.45) is 17.2. The number of likely N-dealkylation sites (tertiary alicyclic amines) is 3. The van der Waals surface area contributed by atoms with Gasteiger partial charge >= 0.3 is 12.2 Å². The number of piperidine rings is 2. The number of aliphatic hydroxyl groups excluding tert-OH is 4. The Hall–Kier alpha value is -2.90. The number of imidazole rings is 2. The molecular formula is C49H92N8O9Ti. The van der Waals surface area contributed by atoms with Crippen molar-refractivity contribution in [1.29, 1.82) is 0 Å². The first kappa shape index (κ1) is 64.1. The van der Waals surface area contributed by atoms with E-state index in [0.29, 0.717) is 61.7 Å². The van der Waals surface area contributed by atoms with Gasteiger partial charge in [-0.25, -0.2) is 19.6 Å². The molecule has 4 aliphatic heterocycles. The Morgan fingerprint density at radius 3 is 1.40 bits per heavy atom. The number of aliphatic hydroxyl groups is 4. The third-order valence-electron chi connectivity index (χ3n) is 11.6. The van der Waals surface area contributed by atoms with E-state index in [2.05, 4.69) is 30.2 Å². The van der Waals surface area contributed by atoms with Crippen LogP contribution in [0.2, 0.25) is 0 Å². The molecule has 0 bridgehead atoms. The van der Waals surface area contributed by atoms with Crippen molar-refractivity contribution in [2.24, 2.45) is 10.8 Å². The van der Waals surface area contributed by atoms with Crippen molar-refractivity contribution in [2.75, 3.05) is 65.6 Å². The number of carbonyl (C=O) groups excluding carboxylic acids is 3. The smallest absolute Gasteiger partial charge is 0.409 e. The summed E-state index contributed by atoms with van der Waals surface area (Å²) < 4.78 is 10.1. The average Bonchev–Trinajstić information content (AvgIpc) is 4.05. The number of H-pyrrole nitrogens is 2. The molecule has 17 nitrogen and oxygen atoms in total. The van der Waals surface area contributed by atoms with Gasteiger partial charge in [-0.3, -0.25) is 4.79 Å². The maximum Gasteiger partial charge on any atom is 0.409 e. The minimum absolute atomic E-state index is 0. The summed E-state index contributed by atoms with van der Waals surface area (Å²) in [5, 5.41) is 35.6. The van der Waals surface area contributed by atoms with Crippen molar-refractivity contribution in [3.8, 4) is 0 Å². The fraction of sp³-hybridized carbons (Fsp3) is 0.816. The number of rotatable bonds is 5. The molecule has 8 rings (SSSR count). The number of aromatic nitrogens is 4. The largest absolute Gasteiger partial charge is 0.450 e. The number of ether oxygens (including phenoxy) is 2. The van der Waals surface area contributed by atoms with Crippen LogP contribution in [0.25, 0.3) is 0 Å². The Labute approximate surface area is 418 Å². The zero-order valence-electron chi connectivity index (χ0n) is 42.1. The second kappa shape index (κ2) is 33.6. The quantitative estimate of drug-likeness (QED) is 0.152. The van der Waals surface area contributed by atoms with Crippen LogP contribution in [0, 0.1) is 10.8 Å². The standard InChI is InChI=1S/C18H28N4O2.C10H15NO3.C8H13N3.4C3H8O.CH4.Ti/c1-2-24-17(23)22-10-5-18(13-22)11-15(12-18)21-8-3-14(4-9-21)16-19-6-7-20-16;1-2-14-9(13)11-4-3-10(7-11)5-8(12)6-10;1-3-9-4-2-7(1)8-10-5-6-11-8;4*1-3(2)4;;/h6-7,14-15H,2-5,8-13H2,1H3,(H,19,20);2-7H2,1H3;5-7,9H,1-4H2,(H,10,11);4*3-4H,1-2H3;1H4;. The van der Waals surface area contributed by atoms with E-state index in [4.69, 9.17) is 29.9 Å². The molecule has 6 aliphatic rings. The van der Waals surface area contributed by atoms with Crippen LogP contribution in [0.4, 0.5) is 9.59 Å². The van der Waals surface area contributed by atoms with Gasteiger partial charge in [0.05, 0.1) is 13.2 Å². The molecule has 386 valence electrons. The number of hydrogen-bond donors (Lipinski definition) is 7. The maximum absolute atomic E-state index is 11.9. The van der Waals surface area contributed by atoms with Crippen LogP contribution in [-0.4, -0.2) is 169 Å². The summed E-state index contributed by atoms with van der Waals surface area (Å²) in [5.74, 6) is 3.89. The molecule has 0 radical (unpaired) electrons. The predicted octanol–water partition coefficient (Wildman–Crippen LogP) is 6.86. The molecule has 2 amide bonds. The van der Waals surface area contributed by atoms with E-state index in [0.717, 1.165) is 57.2 Å². The number of amides is 2. The Balaban J connectivity index is 0.000000868. The zero-order valence-corrected chi connectivity index (χ0v) is 43.6. The number of aromatic amines is 2. The first-order valence-electron chi connectivity index (χ1n) is 24.2. The second-order valence-electron chi connectivity index (χ2n) is 19.4. The van der Waals surface area contributed by atoms with Gasteiger partial charge in [-0.2, -0.15) is 0 Å². The van der Waals surface area contributed by atoms with Crippen molar-refractivity contribution in [3.63, 3.8) is 0 Å². The van der Waals surface area contributed by atoms with Crippen LogP contribution in [-0.2, 0) is 36.0 Å². The first-order valence-corrected chi connectivity index (χ1v) is 24.2. The van der Waals surface area contributed by atoms with E-state index < -0.39 is 0 Å². The van der Waals surface area contributed by atoms with Crippen LogP contribution in [0.3, 0.4) is 0 Å². The molecule has 2 aromatic heterocycles. The summed E-state index contributed by atoms with van der Waals surface area (Å²) in [6, 6.07) is 0.713. The topological polar surface area (TPSA) is 230 Å². The van der Waals surface area contributed by atoms with Gasteiger partial charge in [0, 0.05) is 133 Å².